The predicted octanol–water partition coefficient (Wildman–Crippen LogP) is 4.93. The lowest BCUT2D eigenvalue weighted by atomic mass is 10.1. The Kier molecular flexibility index (Phi) is 5.99. The van der Waals surface area contributed by atoms with Crippen molar-refractivity contribution < 1.29 is 0 Å². The molecule has 0 amide bonds. The SMILES string of the molecule is CCCCC(CCC)Nc1snc(N)c1-c1nc(C)cs1. The number of hydrogen-bond donors (Lipinski definition) is 2. The number of nitrogens with zero attached hydrogens (tertiary/aromatic N) is 2. The maximum atomic E-state index is 6.06. The highest BCUT2D eigenvalue weighted by molar-refractivity contribution is 7.15. The Labute approximate surface area is 135 Å². The lowest BCUT2D eigenvalue weighted by Gasteiger charge is -2.18. The Morgan fingerprint density at radius 2 is 2.10 bits per heavy atom. The van der Waals surface area contributed by atoms with E-state index in [0.717, 1.165) is 21.3 Å². The fraction of sp³-hybridized carbons (Fsp3) is 0.600. The van der Waals surface area contributed by atoms with Gasteiger partial charge in [0.15, 0.2) is 0 Å². The van der Waals surface area contributed by atoms with E-state index in [9.17, 15) is 0 Å². The van der Waals surface area contributed by atoms with Crippen LogP contribution in [0.1, 0.15) is 51.6 Å². The largest absolute Gasteiger partial charge is 0.382 e. The molecule has 2 aromatic heterocycles. The van der Waals surface area contributed by atoms with Gasteiger partial charge in [-0.2, -0.15) is 4.37 Å². The minimum atomic E-state index is 0.495. The third kappa shape index (κ3) is 4.17. The molecule has 2 rings (SSSR count). The van der Waals surface area contributed by atoms with Crippen LogP contribution < -0.4 is 11.1 Å². The summed E-state index contributed by atoms with van der Waals surface area (Å²) in [4.78, 5) is 4.56. The Bertz CT molecular complexity index is 562. The first-order chi connectivity index (χ1) is 10.2. The molecular weight excluding hydrogens is 300 g/mol. The van der Waals surface area contributed by atoms with E-state index in [1.807, 2.05) is 6.92 Å². The van der Waals surface area contributed by atoms with E-state index in [1.165, 1.54) is 43.6 Å². The van der Waals surface area contributed by atoms with Gasteiger partial charge in [0.25, 0.3) is 0 Å². The summed E-state index contributed by atoms with van der Waals surface area (Å²) >= 11 is 3.08. The Morgan fingerprint density at radius 3 is 2.71 bits per heavy atom. The van der Waals surface area contributed by atoms with Gasteiger partial charge in [-0.05, 0) is 31.3 Å². The summed E-state index contributed by atoms with van der Waals surface area (Å²) in [5, 5.41) is 7.74. The number of nitrogen functional groups attached to an aromatic ring is 1. The lowest BCUT2D eigenvalue weighted by Crippen LogP contribution is -2.18. The molecule has 0 radical (unpaired) electrons. The molecule has 3 N–H and O–H groups in total. The van der Waals surface area contributed by atoms with Gasteiger partial charge in [-0.25, -0.2) is 4.98 Å². The summed E-state index contributed by atoms with van der Waals surface area (Å²) in [7, 11) is 0. The summed E-state index contributed by atoms with van der Waals surface area (Å²) in [5.41, 5.74) is 8.07. The molecule has 0 aliphatic rings. The van der Waals surface area contributed by atoms with Crippen LogP contribution in [-0.4, -0.2) is 15.4 Å². The van der Waals surface area contributed by atoms with Gasteiger partial charge in [-0.1, -0.05) is 33.1 Å². The normalized spacial score (nSPS) is 12.5. The number of thiazole rings is 1. The molecule has 2 heterocycles. The van der Waals surface area contributed by atoms with Gasteiger partial charge in [0, 0.05) is 17.1 Å². The first-order valence-electron chi connectivity index (χ1n) is 7.59. The van der Waals surface area contributed by atoms with Crippen LogP contribution >= 0.6 is 22.9 Å². The van der Waals surface area contributed by atoms with Crippen LogP contribution in [-0.2, 0) is 0 Å². The summed E-state index contributed by atoms with van der Waals surface area (Å²) < 4.78 is 4.32. The van der Waals surface area contributed by atoms with E-state index in [4.69, 9.17) is 5.73 Å². The standard InChI is InChI=1S/C15H24N4S2/c1-4-6-8-11(7-5-2)18-15-12(13(16)19-21-15)14-17-10(3)9-20-14/h9,11,18H,4-8H2,1-3H3,(H2,16,19). The molecule has 1 atom stereocenters. The molecule has 116 valence electrons. The van der Waals surface area contributed by atoms with Crippen LogP contribution in [0.5, 0.6) is 0 Å². The second-order valence-electron chi connectivity index (χ2n) is 5.34. The molecule has 0 spiro atoms. The highest BCUT2D eigenvalue weighted by atomic mass is 32.1. The number of unbranched alkanes of at least 4 members (excludes halogenated alkanes) is 1. The first kappa shape index (κ1) is 16.2. The average Bonchev–Trinajstić information content (AvgIpc) is 3.02. The minimum Gasteiger partial charge on any atom is -0.382 e. The number of aryl methyl sites for hydroxylation is 1. The molecule has 0 aromatic carbocycles. The summed E-state index contributed by atoms with van der Waals surface area (Å²) in [6, 6.07) is 0.495. The van der Waals surface area contributed by atoms with Crippen molar-refractivity contribution in [2.24, 2.45) is 0 Å². The topological polar surface area (TPSA) is 63.8 Å². The molecular formula is C15H24N4S2. The first-order valence-corrected chi connectivity index (χ1v) is 9.25. The van der Waals surface area contributed by atoms with Gasteiger partial charge in [0.2, 0.25) is 0 Å². The second kappa shape index (κ2) is 7.75. The molecule has 6 heteroatoms. The molecule has 0 aliphatic heterocycles. The number of rotatable bonds is 8. The molecule has 21 heavy (non-hydrogen) atoms. The maximum Gasteiger partial charge on any atom is 0.149 e. The number of anilines is 2. The van der Waals surface area contributed by atoms with Gasteiger partial charge in [0.1, 0.15) is 15.8 Å². The second-order valence-corrected chi connectivity index (χ2v) is 6.97. The zero-order valence-corrected chi connectivity index (χ0v) is 14.6. The van der Waals surface area contributed by atoms with Crippen molar-refractivity contribution in [3.05, 3.63) is 11.1 Å². The van der Waals surface area contributed by atoms with Crippen molar-refractivity contribution in [3.8, 4) is 10.6 Å². The van der Waals surface area contributed by atoms with E-state index in [0.29, 0.717) is 11.9 Å². The van der Waals surface area contributed by atoms with E-state index >= 15 is 0 Å². The highest BCUT2D eigenvalue weighted by Crippen LogP contribution is 2.39. The van der Waals surface area contributed by atoms with Crippen LogP contribution in [0, 0.1) is 6.92 Å². The molecule has 1 unspecified atom stereocenters. The van der Waals surface area contributed by atoms with Crippen molar-refractivity contribution in [1.29, 1.82) is 0 Å². The number of hydrogen-bond acceptors (Lipinski definition) is 6. The molecule has 0 bridgehead atoms. The number of nitrogens with one attached hydrogen (secondary N) is 1. The Balaban J connectivity index is 2.19. The lowest BCUT2D eigenvalue weighted by molar-refractivity contribution is 0.565. The molecule has 0 fully saturated rings. The third-order valence-electron chi connectivity index (χ3n) is 3.43. The van der Waals surface area contributed by atoms with Crippen molar-refractivity contribution in [2.75, 3.05) is 11.1 Å². The molecule has 0 saturated carbocycles. The van der Waals surface area contributed by atoms with Crippen LogP contribution in [0.4, 0.5) is 10.8 Å². The van der Waals surface area contributed by atoms with E-state index in [-0.39, 0.29) is 0 Å². The summed E-state index contributed by atoms with van der Waals surface area (Å²) in [6.07, 6.45) is 6.02. The molecule has 4 nitrogen and oxygen atoms in total. The number of nitrogens with two attached hydrogens (primary N) is 1. The van der Waals surface area contributed by atoms with Gasteiger partial charge >= 0.3 is 0 Å². The monoisotopic (exact) mass is 324 g/mol. The van der Waals surface area contributed by atoms with Gasteiger partial charge < -0.3 is 11.1 Å². The fourth-order valence-electron chi connectivity index (χ4n) is 2.35. The van der Waals surface area contributed by atoms with Crippen LogP contribution in [0.2, 0.25) is 0 Å². The quantitative estimate of drug-likeness (QED) is 0.723. The highest BCUT2D eigenvalue weighted by Gasteiger charge is 2.19. The van der Waals surface area contributed by atoms with Gasteiger partial charge in [-0.15, -0.1) is 11.3 Å². The fourth-order valence-corrected chi connectivity index (χ4v) is 4.06. The molecule has 0 aliphatic carbocycles. The Hall–Kier alpha value is -1.14. The smallest absolute Gasteiger partial charge is 0.149 e. The number of aromatic nitrogens is 2. The van der Waals surface area contributed by atoms with E-state index in [2.05, 4.69) is 33.9 Å². The summed E-state index contributed by atoms with van der Waals surface area (Å²) in [5.74, 6) is 0.586. The third-order valence-corrected chi connectivity index (χ3v) is 5.20. The zero-order chi connectivity index (χ0) is 15.2. The van der Waals surface area contributed by atoms with Crippen molar-refractivity contribution in [2.45, 2.75) is 58.9 Å². The average molecular weight is 325 g/mol. The maximum absolute atomic E-state index is 6.06. The van der Waals surface area contributed by atoms with E-state index in [1.54, 1.807) is 11.3 Å². The van der Waals surface area contributed by atoms with Crippen LogP contribution in [0.3, 0.4) is 0 Å². The van der Waals surface area contributed by atoms with Gasteiger partial charge in [0.05, 0.1) is 5.56 Å². The van der Waals surface area contributed by atoms with Crippen molar-refractivity contribution >= 4 is 33.7 Å². The van der Waals surface area contributed by atoms with E-state index < -0.39 is 0 Å². The summed E-state index contributed by atoms with van der Waals surface area (Å²) in [6.45, 7) is 6.47. The predicted molar refractivity (Wildman–Crippen MR) is 94.2 cm³/mol. The van der Waals surface area contributed by atoms with Gasteiger partial charge in [-0.3, -0.25) is 0 Å². The van der Waals surface area contributed by atoms with Crippen molar-refractivity contribution in [1.82, 2.24) is 9.36 Å². The van der Waals surface area contributed by atoms with Crippen molar-refractivity contribution in [3.63, 3.8) is 0 Å². The Morgan fingerprint density at radius 1 is 1.29 bits per heavy atom. The zero-order valence-electron chi connectivity index (χ0n) is 13.0. The van der Waals surface area contributed by atoms with Crippen LogP contribution in [0.25, 0.3) is 10.6 Å². The molecule has 2 aromatic rings. The van der Waals surface area contributed by atoms with Crippen LogP contribution in [0.15, 0.2) is 5.38 Å². The minimum absolute atomic E-state index is 0.495. The molecule has 0 saturated heterocycles.